The van der Waals surface area contributed by atoms with Gasteiger partial charge in [0, 0.05) is 32.2 Å². The molecular weight excluding hydrogens is 249 g/mol. The monoisotopic (exact) mass is 265 g/mol. The number of nitro groups is 1. The predicted molar refractivity (Wildman–Crippen MR) is 70.4 cm³/mol. The van der Waals surface area contributed by atoms with Gasteiger partial charge in [-0.15, -0.1) is 6.58 Å². The van der Waals surface area contributed by atoms with Crippen LogP contribution in [0.25, 0.3) is 0 Å². The molecule has 5 nitrogen and oxygen atoms in total. The molecule has 1 aromatic carbocycles. The Morgan fingerprint density at radius 1 is 1.47 bits per heavy atom. The van der Waals surface area contributed by atoms with Crippen LogP contribution in [-0.4, -0.2) is 36.0 Å². The van der Waals surface area contributed by atoms with Gasteiger partial charge in [0.05, 0.1) is 11.0 Å². The van der Waals surface area contributed by atoms with Crippen molar-refractivity contribution >= 4 is 5.69 Å². The predicted octanol–water partition coefficient (Wildman–Crippen LogP) is 1.87. The molecule has 0 spiro atoms. The van der Waals surface area contributed by atoms with Crippen LogP contribution in [0.15, 0.2) is 30.9 Å². The first kappa shape index (κ1) is 13.6. The molecule has 6 heteroatoms. The number of halogens is 1. The van der Waals surface area contributed by atoms with Crippen molar-refractivity contribution in [1.82, 2.24) is 10.2 Å². The minimum Gasteiger partial charge on any atom is -0.314 e. The first-order valence-corrected chi connectivity index (χ1v) is 6.14. The van der Waals surface area contributed by atoms with Gasteiger partial charge in [-0.1, -0.05) is 12.1 Å². The third kappa shape index (κ3) is 2.97. The van der Waals surface area contributed by atoms with Gasteiger partial charge >= 0.3 is 5.69 Å². The molecule has 1 fully saturated rings. The van der Waals surface area contributed by atoms with Gasteiger partial charge in [0.2, 0.25) is 5.82 Å². The van der Waals surface area contributed by atoms with Gasteiger partial charge in [0.25, 0.3) is 0 Å². The van der Waals surface area contributed by atoms with E-state index in [1.165, 1.54) is 6.07 Å². The summed E-state index contributed by atoms with van der Waals surface area (Å²) in [7, 11) is 0. The van der Waals surface area contributed by atoms with Crippen LogP contribution in [0.4, 0.5) is 10.1 Å². The zero-order valence-electron chi connectivity index (χ0n) is 10.5. The van der Waals surface area contributed by atoms with Crippen LogP contribution < -0.4 is 5.32 Å². The van der Waals surface area contributed by atoms with Crippen molar-refractivity contribution in [3.8, 4) is 0 Å². The molecule has 1 aliphatic heterocycles. The number of hydrogen-bond acceptors (Lipinski definition) is 4. The lowest BCUT2D eigenvalue weighted by Crippen LogP contribution is -2.44. The summed E-state index contributed by atoms with van der Waals surface area (Å²) < 4.78 is 13.3. The van der Waals surface area contributed by atoms with Gasteiger partial charge in [0.15, 0.2) is 0 Å². The van der Waals surface area contributed by atoms with E-state index in [0.29, 0.717) is 5.56 Å². The molecule has 1 heterocycles. The summed E-state index contributed by atoms with van der Waals surface area (Å²) in [5, 5.41) is 14.0. The summed E-state index contributed by atoms with van der Waals surface area (Å²) in [6, 6.07) is 3.90. The fraction of sp³-hybridized carbons (Fsp3) is 0.385. The molecule has 1 aromatic rings. The Kier molecular flexibility index (Phi) is 4.24. The Labute approximate surface area is 110 Å². The molecule has 0 amide bonds. The average Bonchev–Trinajstić information content (AvgIpc) is 2.42. The number of piperazine rings is 1. The molecule has 0 saturated carbocycles. The highest BCUT2D eigenvalue weighted by Crippen LogP contribution is 2.27. The molecule has 0 aromatic heterocycles. The second-order valence-electron chi connectivity index (χ2n) is 4.43. The van der Waals surface area contributed by atoms with Crippen LogP contribution in [0.1, 0.15) is 11.6 Å². The van der Waals surface area contributed by atoms with E-state index in [4.69, 9.17) is 0 Å². The van der Waals surface area contributed by atoms with Crippen LogP contribution in [0.2, 0.25) is 0 Å². The topological polar surface area (TPSA) is 58.4 Å². The SMILES string of the molecule is C=C[C@@H](c1ccc(F)c([N+](=O)[O-])c1)N1CCNCC1. The van der Waals surface area contributed by atoms with Crippen molar-refractivity contribution in [2.24, 2.45) is 0 Å². The van der Waals surface area contributed by atoms with E-state index in [1.54, 1.807) is 12.1 Å². The molecule has 2 rings (SSSR count). The molecule has 19 heavy (non-hydrogen) atoms. The lowest BCUT2D eigenvalue weighted by atomic mass is 10.0. The number of nitro benzene ring substituents is 1. The highest BCUT2D eigenvalue weighted by molar-refractivity contribution is 5.38. The second kappa shape index (κ2) is 5.90. The Bertz CT molecular complexity index is 487. The van der Waals surface area contributed by atoms with Gasteiger partial charge < -0.3 is 5.32 Å². The fourth-order valence-electron chi connectivity index (χ4n) is 2.31. The molecule has 0 aliphatic carbocycles. The molecule has 0 radical (unpaired) electrons. The van der Waals surface area contributed by atoms with Gasteiger partial charge in [-0.3, -0.25) is 15.0 Å². The Hall–Kier alpha value is -1.79. The van der Waals surface area contributed by atoms with Crippen molar-refractivity contribution in [3.63, 3.8) is 0 Å². The lowest BCUT2D eigenvalue weighted by molar-refractivity contribution is -0.387. The summed E-state index contributed by atoms with van der Waals surface area (Å²) in [4.78, 5) is 12.2. The normalized spacial score (nSPS) is 17.9. The van der Waals surface area contributed by atoms with E-state index < -0.39 is 16.4 Å². The van der Waals surface area contributed by atoms with Gasteiger partial charge in [-0.25, -0.2) is 0 Å². The van der Waals surface area contributed by atoms with Crippen LogP contribution in [0.3, 0.4) is 0 Å². The summed E-state index contributed by atoms with van der Waals surface area (Å²) >= 11 is 0. The van der Waals surface area contributed by atoms with Gasteiger partial charge in [0.1, 0.15) is 0 Å². The number of nitrogens with zero attached hydrogens (tertiary/aromatic N) is 2. The summed E-state index contributed by atoms with van der Waals surface area (Å²) in [6.07, 6.45) is 1.74. The van der Waals surface area contributed by atoms with E-state index in [0.717, 1.165) is 32.2 Å². The maximum absolute atomic E-state index is 13.3. The fourth-order valence-corrected chi connectivity index (χ4v) is 2.31. The molecule has 0 bridgehead atoms. The lowest BCUT2D eigenvalue weighted by Gasteiger charge is -2.33. The number of benzene rings is 1. The molecule has 1 saturated heterocycles. The Morgan fingerprint density at radius 3 is 2.74 bits per heavy atom. The van der Waals surface area contributed by atoms with Crippen LogP contribution in [0, 0.1) is 15.9 Å². The third-order valence-electron chi connectivity index (χ3n) is 3.28. The number of hydrogen-bond donors (Lipinski definition) is 1. The van der Waals surface area contributed by atoms with Crippen molar-refractivity contribution in [2.75, 3.05) is 26.2 Å². The highest BCUT2D eigenvalue weighted by Gasteiger charge is 2.22. The van der Waals surface area contributed by atoms with E-state index in [-0.39, 0.29) is 6.04 Å². The van der Waals surface area contributed by atoms with Crippen LogP contribution in [-0.2, 0) is 0 Å². The van der Waals surface area contributed by atoms with Crippen LogP contribution in [0.5, 0.6) is 0 Å². The van der Waals surface area contributed by atoms with E-state index >= 15 is 0 Å². The maximum Gasteiger partial charge on any atom is 0.305 e. The second-order valence-corrected chi connectivity index (χ2v) is 4.43. The zero-order chi connectivity index (χ0) is 13.8. The first-order chi connectivity index (χ1) is 9.13. The minimum absolute atomic E-state index is 0.124. The summed E-state index contributed by atoms with van der Waals surface area (Å²) in [5.74, 6) is -0.808. The molecule has 102 valence electrons. The smallest absolute Gasteiger partial charge is 0.305 e. The standard InChI is InChI=1S/C13H16FN3O2/c1-2-12(16-7-5-15-6-8-16)10-3-4-11(14)13(9-10)17(18)19/h2-4,9,12,15H,1,5-8H2/t12-/m0/s1. The molecule has 1 N–H and O–H groups in total. The van der Waals surface area contributed by atoms with E-state index in [2.05, 4.69) is 16.8 Å². The maximum atomic E-state index is 13.3. The summed E-state index contributed by atoms with van der Waals surface area (Å²) in [6.45, 7) is 7.19. The van der Waals surface area contributed by atoms with E-state index in [1.807, 2.05) is 0 Å². The van der Waals surface area contributed by atoms with Gasteiger partial charge in [-0.2, -0.15) is 4.39 Å². The molecule has 1 aliphatic rings. The molecular formula is C13H16FN3O2. The minimum atomic E-state index is -0.808. The quantitative estimate of drug-likeness (QED) is 0.513. The summed E-state index contributed by atoms with van der Waals surface area (Å²) in [5.41, 5.74) is 0.212. The zero-order valence-corrected chi connectivity index (χ0v) is 10.5. The molecule has 1 atom stereocenters. The van der Waals surface area contributed by atoms with E-state index in [9.17, 15) is 14.5 Å². The Morgan fingerprint density at radius 2 is 2.16 bits per heavy atom. The van der Waals surface area contributed by atoms with Crippen molar-refractivity contribution in [1.29, 1.82) is 0 Å². The van der Waals surface area contributed by atoms with Crippen molar-refractivity contribution < 1.29 is 9.31 Å². The third-order valence-corrected chi connectivity index (χ3v) is 3.28. The van der Waals surface area contributed by atoms with Gasteiger partial charge in [-0.05, 0) is 11.6 Å². The average molecular weight is 265 g/mol. The highest BCUT2D eigenvalue weighted by atomic mass is 19.1. The number of nitrogens with one attached hydrogen (secondary N) is 1. The van der Waals surface area contributed by atoms with Crippen LogP contribution >= 0.6 is 0 Å². The van der Waals surface area contributed by atoms with Crippen molar-refractivity contribution in [3.05, 3.63) is 52.3 Å². The Balaban J connectivity index is 2.29. The first-order valence-electron chi connectivity index (χ1n) is 6.14. The largest absolute Gasteiger partial charge is 0.314 e. The number of rotatable bonds is 4. The van der Waals surface area contributed by atoms with Crippen molar-refractivity contribution in [2.45, 2.75) is 6.04 Å². The molecule has 0 unspecified atom stereocenters.